The van der Waals surface area contributed by atoms with Gasteiger partial charge in [-0.3, -0.25) is 13.7 Å². The van der Waals surface area contributed by atoms with Crippen molar-refractivity contribution in [2.75, 3.05) is 0 Å². The quantitative estimate of drug-likeness (QED) is 0.267. The lowest BCUT2D eigenvalue weighted by Crippen LogP contribution is -2.30. The molecule has 0 aromatic heterocycles. The highest BCUT2D eigenvalue weighted by Crippen LogP contribution is 2.85. The first-order chi connectivity index (χ1) is 10.1. The van der Waals surface area contributed by atoms with E-state index >= 15 is 0 Å². The highest BCUT2D eigenvalue weighted by molar-refractivity contribution is 7.89. The van der Waals surface area contributed by atoms with Crippen molar-refractivity contribution in [1.29, 1.82) is 0 Å². The zero-order chi connectivity index (χ0) is 18.7. The molecule has 0 bridgehead atoms. The van der Waals surface area contributed by atoms with E-state index in [0.29, 0.717) is 6.42 Å². The van der Waals surface area contributed by atoms with Gasteiger partial charge >= 0.3 is 22.8 Å². The fourth-order valence-corrected chi connectivity index (χ4v) is 8.03. The van der Waals surface area contributed by atoms with Gasteiger partial charge in [-0.1, -0.05) is 24.6 Å². The fourth-order valence-electron chi connectivity index (χ4n) is 2.30. The molecule has 0 unspecified atom stereocenters. The molecular weight excluding hydrogens is 369 g/mol. The van der Waals surface area contributed by atoms with E-state index in [1.54, 1.807) is 6.92 Å². The smallest absolute Gasteiger partial charge is 0.323 e. The molecule has 0 amide bonds. The minimum Gasteiger partial charge on any atom is -0.323 e. The molecule has 0 radical (unpaired) electrons. The van der Waals surface area contributed by atoms with E-state index in [4.69, 9.17) is 0 Å². The zero-order valence-electron chi connectivity index (χ0n) is 13.0. The van der Waals surface area contributed by atoms with Gasteiger partial charge in [0.1, 0.15) is 0 Å². The third-order valence-electron chi connectivity index (χ3n) is 3.29. The van der Waals surface area contributed by atoms with E-state index in [1.165, 1.54) is 0 Å². The van der Waals surface area contributed by atoms with Gasteiger partial charge in [-0.05, 0) is 38.7 Å². The summed E-state index contributed by atoms with van der Waals surface area (Å²) in [5.74, 6) is 0. The van der Waals surface area contributed by atoms with Crippen LogP contribution in [-0.2, 0) is 13.7 Å². The van der Waals surface area contributed by atoms with Crippen LogP contribution in [0.2, 0.25) is 0 Å². The first-order valence-electron chi connectivity index (χ1n) is 6.62. The molecule has 12 heteroatoms. The summed E-state index contributed by atoms with van der Waals surface area (Å²) in [6.07, 6.45) is 4.25. The monoisotopic (exact) mass is 392 g/mol. The fraction of sp³-hybridized carbons (Fsp3) is 0.636. The summed E-state index contributed by atoms with van der Waals surface area (Å²) >= 11 is 0. The Balaban J connectivity index is 6.10. The molecule has 0 aliphatic rings. The SMILES string of the molecule is CC/C=C(\C)CC/C=C(\C)C(P(=O)(O)O)(P(=O)(O)O)P(=O)(O)O. The van der Waals surface area contributed by atoms with Gasteiger partial charge < -0.3 is 29.4 Å². The van der Waals surface area contributed by atoms with Crippen molar-refractivity contribution in [2.45, 2.75) is 44.7 Å². The third kappa shape index (κ3) is 4.95. The van der Waals surface area contributed by atoms with Crippen LogP contribution < -0.4 is 0 Å². The molecular formula is C11H23O9P3. The van der Waals surface area contributed by atoms with Gasteiger partial charge in [0.15, 0.2) is 0 Å². The maximum atomic E-state index is 11.6. The Morgan fingerprint density at radius 1 is 0.870 bits per heavy atom. The predicted molar refractivity (Wildman–Crippen MR) is 85.9 cm³/mol. The van der Waals surface area contributed by atoms with Gasteiger partial charge in [-0.15, -0.1) is 0 Å². The summed E-state index contributed by atoms with van der Waals surface area (Å²) in [6.45, 7) is 4.61. The molecule has 0 fully saturated rings. The first-order valence-corrected chi connectivity index (χ1v) is 11.5. The third-order valence-corrected chi connectivity index (χ3v) is 11.5. The Morgan fingerprint density at radius 3 is 1.57 bits per heavy atom. The van der Waals surface area contributed by atoms with E-state index in [2.05, 4.69) is 0 Å². The number of rotatable bonds is 8. The van der Waals surface area contributed by atoms with Crippen molar-refractivity contribution in [3.63, 3.8) is 0 Å². The van der Waals surface area contributed by atoms with Gasteiger partial charge in [0.05, 0.1) is 0 Å². The Bertz CT molecular complexity index is 564. The molecule has 23 heavy (non-hydrogen) atoms. The molecule has 0 aliphatic heterocycles. The average molecular weight is 392 g/mol. The second-order valence-electron chi connectivity index (χ2n) is 5.15. The van der Waals surface area contributed by atoms with E-state index in [0.717, 1.165) is 25.0 Å². The van der Waals surface area contributed by atoms with Gasteiger partial charge in [-0.25, -0.2) is 0 Å². The van der Waals surface area contributed by atoms with Crippen LogP contribution in [0, 0.1) is 0 Å². The van der Waals surface area contributed by atoms with Crippen LogP contribution in [0.15, 0.2) is 23.3 Å². The minimum absolute atomic E-state index is 0.121. The number of hydrogen-bond acceptors (Lipinski definition) is 3. The molecule has 0 spiro atoms. The van der Waals surface area contributed by atoms with Crippen LogP contribution in [0.5, 0.6) is 0 Å². The van der Waals surface area contributed by atoms with Crippen LogP contribution in [-0.4, -0.2) is 34.0 Å². The topological polar surface area (TPSA) is 173 Å². The Morgan fingerprint density at radius 2 is 1.26 bits per heavy atom. The van der Waals surface area contributed by atoms with E-state index < -0.39 is 33.0 Å². The van der Waals surface area contributed by atoms with E-state index in [1.807, 2.05) is 13.0 Å². The summed E-state index contributed by atoms with van der Waals surface area (Å²) in [7, 11) is -17.7. The van der Waals surface area contributed by atoms with Crippen molar-refractivity contribution in [3.05, 3.63) is 23.3 Å². The molecule has 0 saturated carbocycles. The average Bonchev–Trinajstić information content (AvgIpc) is 2.23. The lowest BCUT2D eigenvalue weighted by molar-refractivity contribution is 0.309. The largest absolute Gasteiger partial charge is 0.360 e. The lowest BCUT2D eigenvalue weighted by atomic mass is 10.1. The predicted octanol–water partition coefficient (Wildman–Crippen LogP) is 2.26. The molecule has 0 saturated heterocycles. The second-order valence-corrected chi connectivity index (χ2v) is 11.5. The first kappa shape index (κ1) is 22.9. The second kappa shape index (κ2) is 7.87. The molecule has 0 atom stereocenters. The zero-order valence-corrected chi connectivity index (χ0v) is 15.7. The number of allylic oxidation sites excluding steroid dienone is 4. The molecule has 0 aromatic rings. The van der Waals surface area contributed by atoms with Gasteiger partial charge in [-0.2, -0.15) is 0 Å². The van der Waals surface area contributed by atoms with E-state index in [-0.39, 0.29) is 6.42 Å². The van der Waals surface area contributed by atoms with Crippen LogP contribution in [0.25, 0.3) is 0 Å². The van der Waals surface area contributed by atoms with Crippen molar-refractivity contribution >= 4 is 22.8 Å². The van der Waals surface area contributed by atoms with Crippen LogP contribution in [0.1, 0.15) is 40.0 Å². The normalized spacial score (nSPS) is 15.9. The molecule has 9 nitrogen and oxygen atoms in total. The van der Waals surface area contributed by atoms with Crippen LogP contribution in [0.4, 0.5) is 0 Å². The van der Waals surface area contributed by atoms with Gasteiger partial charge in [0.2, 0.25) is 0 Å². The standard InChI is InChI=1S/C11H23O9P3/c1-4-6-9(2)7-5-8-10(3)11(21(12,13)14,22(15,16)17)23(18,19)20/h6,8H,4-5,7H2,1-3H3,(H2,12,13,14)(H2,15,16,17)(H2,18,19,20)/b9-6+,10-8+. The molecule has 0 aliphatic carbocycles. The summed E-state index contributed by atoms with van der Waals surface area (Å²) in [6, 6.07) is 0. The Hall–Kier alpha value is -0.0700. The molecule has 0 rings (SSSR count). The van der Waals surface area contributed by atoms with Crippen LogP contribution in [0.3, 0.4) is 0 Å². The summed E-state index contributed by atoms with van der Waals surface area (Å²) < 4.78 is 31.1. The minimum atomic E-state index is -5.89. The van der Waals surface area contributed by atoms with Crippen LogP contribution >= 0.6 is 22.8 Å². The lowest BCUT2D eigenvalue weighted by Gasteiger charge is -2.35. The Labute approximate surface area is 134 Å². The molecule has 0 aromatic carbocycles. The highest BCUT2D eigenvalue weighted by Gasteiger charge is 2.72. The van der Waals surface area contributed by atoms with Gasteiger partial charge in [0, 0.05) is 0 Å². The summed E-state index contributed by atoms with van der Waals surface area (Å²) in [5.41, 5.74) is 0.211. The maximum absolute atomic E-state index is 11.6. The summed E-state index contributed by atoms with van der Waals surface area (Å²) in [4.78, 5) is 56.0. The molecule has 0 heterocycles. The van der Waals surface area contributed by atoms with Gasteiger partial charge in [0.25, 0.3) is 4.64 Å². The maximum Gasteiger partial charge on any atom is 0.360 e. The van der Waals surface area contributed by atoms with Crippen molar-refractivity contribution in [2.24, 2.45) is 0 Å². The highest BCUT2D eigenvalue weighted by atomic mass is 31.3. The van der Waals surface area contributed by atoms with E-state index in [9.17, 15) is 43.1 Å². The Kier molecular flexibility index (Phi) is 7.85. The summed E-state index contributed by atoms with van der Waals surface area (Å²) in [5, 5.41) is 0. The van der Waals surface area contributed by atoms with Crippen molar-refractivity contribution < 1.29 is 43.1 Å². The molecule has 6 N–H and O–H groups in total. The molecule has 136 valence electrons. The van der Waals surface area contributed by atoms with Crippen molar-refractivity contribution in [1.82, 2.24) is 0 Å². The number of hydrogen-bond donors (Lipinski definition) is 6. The van der Waals surface area contributed by atoms with Crippen molar-refractivity contribution in [3.8, 4) is 0 Å².